The van der Waals surface area contributed by atoms with E-state index in [9.17, 15) is 4.79 Å². The molecule has 3 fully saturated rings. The van der Waals surface area contributed by atoms with Gasteiger partial charge >= 0.3 is 0 Å². The number of rotatable bonds is 4. The summed E-state index contributed by atoms with van der Waals surface area (Å²) in [6, 6.07) is 12.4. The fourth-order valence-corrected chi connectivity index (χ4v) is 5.48. The number of aromatic nitrogens is 2. The molecule has 1 amide bonds. The summed E-state index contributed by atoms with van der Waals surface area (Å²) in [4.78, 5) is 30.2. The number of nitrogens with zero attached hydrogens (tertiary/aromatic N) is 5. The molecule has 3 aliphatic heterocycles. The predicted molar refractivity (Wildman–Crippen MR) is 130 cm³/mol. The van der Waals surface area contributed by atoms with Crippen molar-refractivity contribution >= 4 is 17.7 Å². The van der Waals surface area contributed by atoms with Gasteiger partial charge in [0.15, 0.2) is 0 Å². The van der Waals surface area contributed by atoms with E-state index in [0.29, 0.717) is 13.2 Å². The number of piperidine rings is 1. The Hall–Kier alpha value is -2.67. The molecule has 3 aliphatic rings. The molecule has 5 rings (SSSR count). The number of hydrogen-bond acceptors (Lipinski definition) is 6. The zero-order chi connectivity index (χ0) is 22.7. The number of carbonyl (C=O) groups excluding carboxylic acids is 1. The maximum atomic E-state index is 13.9. The Labute approximate surface area is 196 Å². The second-order valence-corrected chi connectivity index (χ2v) is 9.55. The van der Waals surface area contributed by atoms with Crippen LogP contribution in [0.2, 0.25) is 0 Å². The van der Waals surface area contributed by atoms with E-state index in [2.05, 4.69) is 32.9 Å². The van der Waals surface area contributed by atoms with Crippen LogP contribution in [-0.2, 0) is 14.9 Å². The first-order valence-electron chi connectivity index (χ1n) is 12.4. The third-order valence-electron chi connectivity index (χ3n) is 7.44. The number of carbonyl (C=O) groups is 1. The van der Waals surface area contributed by atoms with E-state index < -0.39 is 5.41 Å². The molecule has 4 heterocycles. The Balaban J connectivity index is 1.30. The van der Waals surface area contributed by atoms with Crippen LogP contribution in [0.15, 0.2) is 36.4 Å². The lowest BCUT2D eigenvalue weighted by molar-refractivity contribution is -0.141. The molecule has 0 aliphatic carbocycles. The fraction of sp³-hybridized carbons (Fsp3) is 0.577. The molecule has 1 aromatic carbocycles. The van der Waals surface area contributed by atoms with E-state index in [0.717, 1.165) is 75.1 Å². The summed E-state index contributed by atoms with van der Waals surface area (Å²) in [5.41, 5.74) is 1.66. The first-order chi connectivity index (χ1) is 16.2. The summed E-state index contributed by atoms with van der Waals surface area (Å²) in [6.45, 7) is 8.43. The van der Waals surface area contributed by atoms with E-state index >= 15 is 0 Å². The van der Waals surface area contributed by atoms with Crippen LogP contribution in [0.3, 0.4) is 0 Å². The zero-order valence-electron chi connectivity index (χ0n) is 19.7. The molecule has 7 nitrogen and oxygen atoms in total. The Bertz CT molecular complexity index is 946. The summed E-state index contributed by atoms with van der Waals surface area (Å²) < 4.78 is 5.63. The standard InChI is InChI=1S/C26H35N5O2/c1-21-20-23(28-25(27-21)31-12-6-3-7-13-31)29-14-16-30(17-15-29)24(32)26(10-18-33-19-11-26)22-8-4-2-5-9-22/h2,4-5,8-9,20H,3,6-7,10-19H2,1H3. The van der Waals surface area contributed by atoms with Gasteiger partial charge in [-0.2, -0.15) is 4.98 Å². The smallest absolute Gasteiger partial charge is 0.233 e. The number of amides is 1. The van der Waals surface area contributed by atoms with Crippen LogP contribution in [0.1, 0.15) is 43.4 Å². The molecule has 0 saturated carbocycles. The molecular weight excluding hydrogens is 414 g/mol. The Morgan fingerprint density at radius 2 is 1.58 bits per heavy atom. The summed E-state index contributed by atoms with van der Waals surface area (Å²) >= 11 is 0. The number of piperazine rings is 1. The minimum atomic E-state index is -0.464. The fourth-order valence-electron chi connectivity index (χ4n) is 5.48. The largest absolute Gasteiger partial charge is 0.381 e. The predicted octanol–water partition coefficient (Wildman–Crippen LogP) is 3.17. The van der Waals surface area contributed by atoms with Gasteiger partial charge in [-0.15, -0.1) is 0 Å². The van der Waals surface area contributed by atoms with Gasteiger partial charge in [-0.3, -0.25) is 4.79 Å². The van der Waals surface area contributed by atoms with Crippen molar-refractivity contribution in [2.45, 2.75) is 44.4 Å². The van der Waals surface area contributed by atoms with E-state index in [1.807, 2.05) is 25.1 Å². The monoisotopic (exact) mass is 449 g/mol. The molecule has 0 atom stereocenters. The van der Waals surface area contributed by atoms with E-state index in [-0.39, 0.29) is 5.91 Å². The van der Waals surface area contributed by atoms with Crippen molar-refractivity contribution in [3.05, 3.63) is 47.7 Å². The molecule has 0 N–H and O–H groups in total. The van der Waals surface area contributed by atoms with Gasteiger partial charge in [-0.05, 0) is 44.6 Å². The lowest BCUT2D eigenvalue weighted by Gasteiger charge is -2.43. The van der Waals surface area contributed by atoms with Gasteiger partial charge in [0, 0.05) is 64.2 Å². The van der Waals surface area contributed by atoms with Crippen LogP contribution in [0.25, 0.3) is 0 Å². The molecule has 7 heteroatoms. The average Bonchev–Trinajstić information content (AvgIpc) is 2.89. The molecule has 2 aromatic rings. The second-order valence-electron chi connectivity index (χ2n) is 9.55. The van der Waals surface area contributed by atoms with Crippen LogP contribution < -0.4 is 9.80 Å². The van der Waals surface area contributed by atoms with Crippen molar-refractivity contribution in [2.75, 3.05) is 62.3 Å². The highest BCUT2D eigenvalue weighted by Crippen LogP contribution is 2.37. The van der Waals surface area contributed by atoms with Crippen molar-refractivity contribution in [1.29, 1.82) is 0 Å². The molecule has 1 aromatic heterocycles. The van der Waals surface area contributed by atoms with Gasteiger partial charge in [-0.1, -0.05) is 30.3 Å². The van der Waals surface area contributed by atoms with Crippen LogP contribution in [-0.4, -0.2) is 73.3 Å². The molecule has 0 unspecified atom stereocenters. The van der Waals surface area contributed by atoms with Gasteiger partial charge in [0.1, 0.15) is 5.82 Å². The van der Waals surface area contributed by atoms with Gasteiger partial charge in [0.2, 0.25) is 11.9 Å². The minimum Gasteiger partial charge on any atom is -0.381 e. The quantitative estimate of drug-likeness (QED) is 0.715. The Morgan fingerprint density at radius 1 is 0.879 bits per heavy atom. The Morgan fingerprint density at radius 3 is 2.27 bits per heavy atom. The average molecular weight is 450 g/mol. The first-order valence-corrected chi connectivity index (χ1v) is 12.4. The highest BCUT2D eigenvalue weighted by atomic mass is 16.5. The lowest BCUT2D eigenvalue weighted by Crippen LogP contribution is -2.56. The number of benzene rings is 1. The van der Waals surface area contributed by atoms with E-state index in [1.165, 1.54) is 19.3 Å². The summed E-state index contributed by atoms with van der Waals surface area (Å²) in [7, 11) is 0. The van der Waals surface area contributed by atoms with Gasteiger partial charge in [-0.25, -0.2) is 4.98 Å². The third kappa shape index (κ3) is 4.56. The number of anilines is 2. The topological polar surface area (TPSA) is 61.8 Å². The van der Waals surface area contributed by atoms with Gasteiger partial charge in [0.05, 0.1) is 5.41 Å². The van der Waals surface area contributed by atoms with Crippen LogP contribution in [0, 0.1) is 6.92 Å². The van der Waals surface area contributed by atoms with Crippen molar-refractivity contribution in [3.63, 3.8) is 0 Å². The van der Waals surface area contributed by atoms with Crippen molar-refractivity contribution < 1.29 is 9.53 Å². The molecule has 33 heavy (non-hydrogen) atoms. The number of ether oxygens (including phenoxy) is 1. The van der Waals surface area contributed by atoms with Crippen molar-refractivity contribution in [1.82, 2.24) is 14.9 Å². The van der Waals surface area contributed by atoms with Gasteiger partial charge < -0.3 is 19.4 Å². The van der Waals surface area contributed by atoms with Crippen LogP contribution >= 0.6 is 0 Å². The molecular formula is C26H35N5O2. The lowest BCUT2D eigenvalue weighted by atomic mass is 9.73. The molecule has 0 spiro atoms. The normalized spacial score (nSPS) is 21.2. The van der Waals surface area contributed by atoms with Crippen LogP contribution in [0.5, 0.6) is 0 Å². The summed E-state index contributed by atoms with van der Waals surface area (Å²) in [5.74, 6) is 2.09. The van der Waals surface area contributed by atoms with Crippen molar-refractivity contribution in [2.24, 2.45) is 0 Å². The number of aryl methyl sites for hydroxylation is 1. The van der Waals surface area contributed by atoms with E-state index in [1.54, 1.807) is 0 Å². The molecule has 0 bridgehead atoms. The van der Waals surface area contributed by atoms with Crippen molar-refractivity contribution in [3.8, 4) is 0 Å². The highest BCUT2D eigenvalue weighted by molar-refractivity contribution is 5.88. The second kappa shape index (κ2) is 9.67. The first kappa shape index (κ1) is 22.1. The minimum absolute atomic E-state index is 0.254. The van der Waals surface area contributed by atoms with Gasteiger partial charge in [0.25, 0.3) is 0 Å². The maximum Gasteiger partial charge on any atom is 0.233 e. The summed E-state index contributed by atoms with van der Waals surface area (Å²) in [5, 5.41) is 0. The van der Waals surface area contributed by atoms with E-state index in [4.69, 9.17) is 14.7 Å². The third-order valence-corrected chi connectivity index (χ3v) is 7.44. The SMILES string of the molecule is Cc1cc(N2CCN(C(=O)C3(c4ccccc4)CCOCC3)CC2)nc(N2CCCCC2)n1. The summed E-state index contributed by atoms with van der Waals surface area (Å²) in [6.07, 6.45) is 5.21. The molecule has 176 valence electrons. The zero-order valence-corrected chi connectivity index (χ0v) is 19.7. The Kier molecular flexibility index (Phi) is 6.49. The highest BCUT2D eigenvalue weighted by Gasteiger charge is 2.44. The van der Waals surface area contributed by atoms with Crippen LogP contribution in [0.4, 0.5) is 11.8 Å². The molecule has 0 radical (unpaired) electrons. The number of hydrogen-bond donors (Lipinski definition) is 0. The maximum absolute atomic E-state index is 13.9. The molecule has 3 saturated heterocycles.